The fraction of sp³-hybridized carbons (Fsp3) is 0.562. The number of carbonyl (C=O) groups is 1. The molecule has 0 aliphatic heterocycles. The molecule has 1 aliphatic rings. The molecule has 1 saturated carbocycles. The summed E-state index contributed by atoms with van der Waals surface area (Å²) in [5.74, 6) is 0. The van der Waals surface area contributed by atoms with Gasteiger partial charge in [0.1, 0.15) is 0 Å². The number of hydrogen-bond donors (Lipinski definition) is 3. The minimum atomic E-state index is -0.238. The predicted octanol–water partition coefficient (Wildman–Crippen LogP) is 2.63. The number of aliphatic hydroxyl groups is 1. The molecule has 122 valence electrons. The number of methoxy groups -OCH3 is 1. The van der Waals surface area contributed by atoms with Gasteiger partial charge in [-0.15, -0.1) is 0 Å². The van der Waals surface area contributed by atoms with Crippen molar-refractivity contribution in [2.45, 2.75) is 43.9 Å². The summed E-state index contributed by atoms with van der Waals surface area (Å²) >= 11 is 5.97. The second-order valence-electron chi connectivity index (χ2n) is 5.64. The first-order chi connectivity index (χ1) is 10.6. The number of ether oxygens (including phenoxy) is 1. The van der Waals surface area contributed by atoms with Gasteiger partial charge in [-0.3, -0.25) is 0 Å². The second kappa shape index (κ2) is 8.36. The lowest BCUT2D eigenvalue weighted by molar-refractivity contribution is 0.102. The molecule has 2 rings (SSSR count). The van der Waals surface area contributed by atoms with Crippen LogP contribution in [0.15, 0.2) is 24.3 Å². The van der Waals surface area contributed by atoms with Crippen LogP contribution in [0.3, 0.4) is 0 Å². The Bertz CT molecular complexity index is 490. The number of amides is 2. The molecule has 0 heterocycles. The fourth-order valence-corrected chi connectivity index (χ4v) is 2.88. The van der Waals surface area contributed by atoms with Crippen LogP contribution in [-0.2, 0) is 4.74 Å². The zero-order valence-corrected chi connectivity index (χ0v) is 13.5. The van der Waals surface area contributed by atoms with Crippen molar-refractivity contribution in [3.05, 3.63) is 34.9 Å². The third-order valence-corrected chi connectivity index (χ3v) is 4.22. The molecule has 2 amide bonds. The molecule has 1 fully saturated rings. The number of benzene rings is 1. The van der Waals surface area contributed by atoms with E-state index in [1.807, 2.05) is 18.2 Å². The Morgan fingerprint density at radius 1 is 1.41 bits per heavy atom. The van der Waals surface area contributed by atoms with Gasteiger partial charge in [-0.2, -0.15) is 0 Å². The van der Waals surface area contributed by atoms with Gasteiger partial charge in [0.2, 0.25) is 0 Å². The number of aliphatic hydroxyl groups excluding tert-OH is 1. The first-order valence-electron chi connectivity index (χ1n) is 7.59. The predicted molar refractivity (Wildman–Crippen MR) is 86.0 cm³/mol. The molecule has 0 aromatic heterocycles. The highest BCUT2D eigenvalue weighted by Gasteiger charge is 2.21. The summed E-state index contributed by atoms with van der Waals surface area (Å²) in [6, 6.07) is 7.34. The van der Waals surface area contributed by atoms with Gasteiger partial charge in [0, 0.05) is 24.7 Å². The summed E-state index contributed by atoms with van der Waals surface area (Å²) in [7, 11) is 1.60. The maximum atomic E-state index is 11.9. The van der Waals surface area contributed by atoms with Crippen LogP contribution in [0, 0.1) is 0 Å². The van der Waals surface area contributed by atoms with Crippen molar-refractivity contribution in [2.75, 3.05) is 13.7 Å². The first-order valence-corrected chi connectivity index (χ1v) is 7.97. The summed E-state index contributed by atoms with van der Waals surface area (Å²) < 4.78 is 5.41. The number of urea groups is 1. The van der Waals surface area contributed by atoms with Gasteiger partial charge in [0.05, 0.1) is 12.2 Å². The molecule has 0 saturated heterocycles. The molecule has 1 aromatic carbocycles. The van der Waals surface area contributed by atoms with Crippen LogP contribution in [0.4, 0.5) is 4.79 Å². The Hall–Kier alpha value is -1.30. The normalized spacial score (nSPS) is 22.9. The Labute approximate surface area is 136 Å². The van der Waals surface area contributed by atoms with E-state index in [4.69, 9.17) is 16.3 Å². The molecular formula is C16H23ClN2O3. The van der Waals surface area contributed by atoms with Crippen molar-refractivity contribution in [2.24, 2.45) is 0 Å². The lowest BCUT2D eigenvalue weighted by atomic mass is 9.93. The molecule has 1 aliphatic carbocycles. The first kappa shape index (κ1) is 17.1. The molecule has 1 aromatic rings. The van der Waals surface area contributed by atoms with Gasteiger partial charge in [-0.25, -0.2) is 4.79 Å². The summed E-state index contributed by atoms with van der Waals surface area (Å²) in [4.78, 5) is 11.9. The quantitative estimate of drug-likeness (QED) is 0.779. The van der Waals surface area contributed by atoms with Gasteiger partial charge in [0.25, 0.3) is 0 Å². The number of carbonyl (C=O) groups excluding carboxylic acids is 1. The minimum Gasteiger partial charge on any atom is -0.393 e. The minimum absolute atomic E-state index is 0.135. The number of hydrogen-bond acceptors (Lipinski definition) is 3. The zero-order chi connectivity index (χ0) is 15.9. The van der Waals surface area contributed by atoms with Crippen molar-refractivity contribution >= 4 is 17.6 Å². The third kappa shape index (κ3) is 5.16. The van der Waals surface area contributed by atoms with E-state index in [1.165, 1.54) is 0 Å². The Morgan fingerprint density at radius 2 is 2.14 bits per heavy atom. The highest BCUT2D eigenvalue weighted by molar-refractivity contribution is 6.30. The molecule has 5 nitrogen and oxygen atoms in total. The Kier molecular flexibility index (Phi) is 6.49. The van der Waals surface area contributed by atoms with Crippen molar-refractivity contribution in [3.63, 3.8) is 0 Å². The van der Waals surface area contributed by atoms with E-state index in [9.17, 15) is 9.90 Å². The van der Waals surface area contributed by atoms with Crippen LogP contribution in [0.2, 0.25) is 5.02 Å². The van der Waals surface area contributed by atoms with Crippen LogP contribution in [-0.4, -0.2) is 36.9 Å². The molecule has 6 heteroatoms. The van der Waals surface area contributed by atoms with Gasteiger partial charge in [-0.05, 0) is 43.4 Å². The molecule has 0 radical (unpaired) electrons. The van der Waals surface area contributed by atoms with E-state index in [2.05, 4.69) is 10.6 Å². The number of nitrogens with one attached hydrogen (secondary N) is 2. The van der Waals surface area contributed by atoms with Crippen molar-refractivity contribution in [3.8, 4) is 0 Å². The van der Waals surface area contributed by atoms with Gasteiger partial charge in [-0.1, -0.05) is 23.7 Å². The monoisotopic (exact) mass is 326 g/mol. The van der Waals surface area contributed by atoms with Crippen LogP contribution < -0.4 is 10.6 Å². The largest absolute Gasteiger partial charge is 0.393 e. The molecular weight excluding hydrogens is 304 g/mol. The fourth-order valence-electron chi connectivity index (χ4n) is 2.69. The molecule has 1 atom stereocenters. The van der Waals surface area contributed by atoms with Crippen LogP contribution in [0.1, 0.15) is 37.4 Å². The van der Waals surface area contributed by atoms with Crippen LogP contribution >= 0.6 is 11.6 Å². The summed E-state index contributed by atoms with van der Waals surface area (Å²) in [6.45, 7) is 0.373. The maximum absolute atomic E-state index is 11.9. The lowest BCUT2D eigenvalue weighted by Crippen LogP contribution is -2.45. The smallest absolute Gasteiger partial charge is 0.315 e. The topological polar surface area (TPSA) is 70.6 Å². The van der Waals surface area contributed by atoms with E-state index in [1.54, 1.807) is 13.2 Å². The van der Waals surface area contributed by atoms with Crippen molar-refractivity contribution in [1.29, 1.82) is 0 Å². The standard InChI is InChI=1S/C16H23ClN2O3/c1-22-15(11-3-2-4-12(17)9-11)10-18-16(21)19-13-5-7-14(20)8-6-13/h2-4,9,13-15,20H,5-8,10H2,1H3,(H2,18,19,21). The number of halogens is 1. The molecule has 0 bridgehead atoms. The van der Waals surface area contributed by atoms with E-state index in [-0.39, 0.29) is 24.3 Å². The molecule has 3 N–H and O–H groups in total. The van der Waals surface area contributed by atoms with E-state index >= 15 is 0 Å². The highest BCUT2D eigenvalue weighted by Crippen LogP contribution is 2.20. The Morgan fingerprint density at radius 3 is 2.77 bits per heavy atom. The molecule has 1 unspecified atom stereocenters. The van der Waals surface area contributed by atoms with Gasteiger partial charge in [0.15, 0.2) is 0 Å². The third-order valence-electron chi connectivity index (χ3n) is 3.98. The SMILES string of the molecule is COC(CNC(=O)NC1CCC(O)CC1)c1cccc(Cl)c1. The maximum Gasteiger partial charge on any atom is 0.315 e. The number of rotatable bonds is 5. The zero-order valence-electron chi connectivity index (χ0n) is 12.7. The average molecular weight is 327 g/mol. The Balaban J connectivity index is 1.79. The van der Waals surface area contributed by atoms with Crippen LogP contribution in [0.5, 0.6) is 0 Å². The highest BCUT2D eigenvalue weighted by atomic mass is 35.5. The molecule has 22 heavy (non-hydrogen) atoms. The van der Waals surface area contributed by atoms with Crippen molar-refractivity contribution in [1.82, 2.24) is 10.6 Å². The van der Waals surface area contributed by atoms with Crippen molar-refractivity contribution < 1.29 is 14.6 Å². The van der Waals surface area contributed by atoms with E-state index < -0.39 is 0 Å². The second-order valence-corrected chi connectivity index (χ2v) is 6.08. The summed E-state index contributed by atoms with van der Waals surface area (Å²) in [6.07, 6.45) is 2.66. The lowest BCUT2D eigenvalue weighted by Gasteiger charge is -2.26. The summed E-state index contributed by atoms with van der Waals surface area (Å²) in [5.41, 5.74) is 0.927. The van der Waals surface area contributed by atoms with Gasteiger partial charge >= 0.3 is 6.03 Å². The van der Waals surface area contributed by atoms with Gasteiger partial charge < -0.3 is 20.5 Å². The average Bonchev–Trinajstić information content (AvgIpc) is 2.50. The van der Waals surface area contributed by atoms with E-state index in [0.717, 1.165) is 31.2 Å². The van der Waals surface area contributed by atoms with Crippen LogP contribution in [0.25, 0.3) is 0 Å². The molecule has 0 spiro atoms. The summed E-state index contributed by atoms with van der Waals surface area (Å²) in [5, 5.41) is 15.9. The van der Waals surface area contributed by atoms with E-state index in [0.29, 0.717) is 11.6 Å².